The minimum atomic E-state index is -0.141. The van der Waals surface area contributed by atoms with Crippen LogP contribution in [-0.4, -0.2) is 23.9 Å². The molecular weight excluding hydrogens is 358 g/mol. The SMILES string of the molecule is Nc1cccc(NC(=O)c2ccc(C=CCN3CCc4ccccc4C3)cc2)c1. The maximum atomic E-state index is 12.4. The molecule has 0 aliphatic carbocycles. The zero-order chi connectivity index (χ0) is 20.1. The maximum absolute atomic E-state index is 12.4. The highest BCUT2D eigenvalue weighted by atomic mass is 16.1. The predicted molar refractivity (Wildman–Crippen MR) is 120 cm³/mol. The summed E-state index contributed by atoms with van der Waals surface area (Å²) in [6.45, 7) is 3.01. The summed E-state index contributed by atoms with van der Waals surface area (Å²) in [6.07, 6.45) is 5.41. The third-order valence-corrected chi connectivity index (χ3v) is 5.20. The molecule has 4 rings (SSSR count). The van der Waals surface area contributed by atoms with Gasteiger partial charge in [-0.1, -0.05) is 54.6 Å². The zero-order valence-electron chi connectivity index (χ0n) is 16.3. The quantitative estimate of drug-likeness (QED) is 0.634. The number of anilines is 2. The lowest BCUT2D eigenvalue weighted by molar-refractivity contribution is 0.102. The van der Waals surface area contributed by atoms with Crippen LogP contribution in [0.25, 0.3) is 6.08 Å². The Labute approximate surface area is 171 Å². The largest absolute Gasteiger partial charge is 0.399 e. The number of fused-ring (bicyclic) bond motifs is 1. The molecule has 0 saturated carbocycles. The molecule has 4 nitrogen and oxygen atoms in total. The van der Waals surface area contributed by atoms with Crippen LogP contribution in [0, 0.1) is 0 Å². The van der Waals surface area contributed by atoms with Gasteiger partial charge in [0.1, 0.15) is 0 Å². The van der Waals surface area contributed by atoms with E-state index in [4.69, 9.17) is 5.73 Å². The fourth-order valence-corrected chi connectivity index (χ4v) is 3.61. The Morgan fingerprint density at radius 3 is 2.59 bits per heavy atom. The number of nitrogens with two attached hydrogens (primary N) is 1. The molecular formula is C25H25N3O. The van der Waals surface area contributed by atoms with Crippen LogP contribution >= 0.6 is 0 Å². The van der Waals surface area contributed by atoms with Gasteiger partial charge in [0.2, 0.25) is 0 Å². The van der Waals surface area contributed by atoms with Crippen molar-refractivity contribution in [2.24, 2.45) is 0 Å². The average molecular weight is 383 g/mol. The Balaban J connectivity index is 1.32. The molecule has 1 aliphatic rings. The number of nitrogens with zero attached hydrogens (tertiary/aromatic N) is 1. The van der Waals surface area contributed by atoms with Gasteiger partial charge in [-0.15, -0.1) is 0 Å². The van der Waals surface area contributed by atoms with Gasteiger partial charge in [-0.3, -0.25) is 9.69 Å². The Kier molecular flexibility index (Phi) is 5.73. The monoisotopic (exact) mass is 383 g/mol. The second kappa shape index (κ2) is 8.76. The minimum absolute atomic E-state index is 0.141. The summed E-state index contributed by atoms with van der Waals surface area (Å²) < 4.78 is 0. The Morgan fingerprint density at radius 2 is 1.79 bits per heavy atom. The molecule has 0 radical (unpaired) electrons. The van der Waals surface area contributed by atoms with Gasteiger partial charge in [-0.2, -0.15) is 0 Å². The molecule has 0 aromatic heterocycles. The van der Waals surface area contributed by atoms with Crippen molar-refractivity contribution in [1.82, 2.24) is 4.90 Å². The van der Waals surface area contributed by atoms with Gasteiger partial charge < -0.3 is 11.1 Å². The number of carbonyl (C=O) groups excluding carboxylic acids is 1. The van der Waals surface area contributed by atoms with Crippen molar-refractivity contribution in [3.05, 3.63) is 101 Å². The fraction of sp³-hybridized carbons (Fsp3) is 0.160. The van der Waals surface area contributed by atoms with Gasteiger partial charge in [0, 0.05) is 36.6 Å². The van der Waals surface area contributed by atoms with E-state index in [2.05, 4.69) is 46.6 Å². The molecule has 29 heavy (non-hydrogen) atoms. The topological polar surface area (TPSA) is 58.4 Å². The molecule has 1 amide bonds. The summed E-state index contributed by atoms with van der Waals surface area (Å²) in [6, 6.07) is 23.5. The highest BCUT2D eigenvalue weighted by molar-refractivity contribution is 6.04. The van der Waals surface area contributed by atoms with Gasteiger partial charge in [0.25, 0.3) is 5.91 Å². The van der Waals surface area contributed by atoms with Crippen molar-refractivity contribution >= 4 is 23.4 Å². The maximum Gasteiger partial charge on any atom is 0.255 e. The van der Waals surface area contributed by atoms with Crippen LogP contribution in [-0.2, 0) is 13.0 Å². The van der Waals surface area contributed by atoms with Gasteiger partial charge in [0.05, 0.1) is 0 Å². The summed E-state index contributed by atoms with van der Waals surface area (Å²) in [5.74, 6) is -0.141. The first-order valence-electron chi connectivity index (χ1n) is 9.90. The molecule has 146 valence electrons. The molecule has 3 N–H and O–H groups in total. The van der Waals surface area contributed by atoms with E-state index < -0.39 is 0 Å². The first-order chi connectivity index (χ1) is 14.2. The van der Waals surface area contributed by atoms with Gasteiger partial charge in [-0.05, 0) is 53.4 Å². The van der Waals surface area contributed by atoms with E-state index in [1.165, 1.54) is 11.1 Å². The molecule has 3 aromatic rings. The zero-order valence-corrected chi connectivity index (χ0v) is 16.3. The lowest BCUT2D eigenvalue weighted by Crippen LogP contribution is -2.30. The van der Waals surface area contributed by atoms with Crippen molar-refractivity contribution in [2.45, 2.75) is 13.0 Å². The fourth-order valence-electron chi connectivity index (χ4n) is 3.61. The van der Waals surface area contributed by atoms with Crippen molar-refractivity contribution in [3.63, 3.8) is 0 Å². The van der Waals surface area contributed by atoms with Gasteiger partial charge >= 0.3 is 0 Å². The lowest BCUT2D eigenvalue weighted by atomic mass is 10.00. The summed E-state index contributed by atoms with van der Waals surface area (Å²) >= 11 is 0. The second-order valence-electron chi connectivity index (χ2n) is 7.36. The van der Waals surface area contributed by atoms with Crippen LogP contribution < -0.4 is 11.1 Å². The third kappa shape index (κ3) is 4.92. The minimum Gasteiger partial charge on any atom is -0.399 e. The molecule has 0 bridgehead atoms. The summed E-state index contributed by atoms with van der Waals surface area (Å²) in [7, 11) is 0. The molecule has 4 heteroatoms. The summed E-state index contributed by atoms with van der Waals surface area (Å²) in [5, 5.41) is 2.87. The number of hydrogen-bond donors (Lipinski definition) is 2. The Hall–Kier alpha value is -3.37. The van der Waals surface area contributed by atoms with Crippen LogP contribution in [0.4, 0.5) is 11.4 Å². The molecule has 1 heterocycles. The summed E-state index contributed by atoms with van der Waals surface area (Å²) in [5.41, 5.74) is 11.7. The summed E-state index contributed by atoms with van der Waals surface area (Å²) in [4.78, 5) is 14.8. The van der Waals surface area contributed by atoms with Crippen molar-refractivity contribution in [3.8, 4) is 0 Å². The van der Waals surface area contributed by atoms with E-state index in [9.17, 15) is 4.79 Å². The van der Waals surface area contributed by atoms with Crippen LogP contribution in [0.5, 0.6) is 0 Å². The number of hydrogen-bond acceptors (Lipinski definition) is 3. The first-order valence-corrected chi connectivity index (χ1v) is 9.90. The number of amides is 1. The number of carbonyl (C=O) groups is 1. The van der Waals surface area contributed by atoms with E-state index in [0.717, 1.165) is 31.6 Å². The van der Waals surface area contributed by atoms with Crippen molar-refractivity contribution in [2.75, 3.05) is 24.1 Å². The number of benzene rings is 3. The van der Waals surface area contributed by atoms with E-state index >= 15 is 0 Å². The highest BCUT2D eigenvalue weighted by Crippen LogP contribution is 2.18. The number of rotatable bonds is 5. The van der Waals surface area contributed by atoms with E-state index in [1.54, 1.807) is 12.1 Å². The van der Waals surface area contributed by atoms with E-state index in [-0.39, 0.29) is 5.91 Å². The standard InChI is InChI=1S/C25H25N3O/c26-23-8-3-9-24(17-23)27-25(29)21-12-10-19(11-13-21)5-4-15-28-16-14-20-6-1-2-7-22(20)18-28/h1-13,17H,14-16,18,26H2,(H,27,29). The van der Waals surface area contributed by atoms with Gasteiger partial charge in [-0.25, -0.2) is 0 Å². The van der Waals surface area contributed by atoms with Crippen molar-refractivity contribution < 1.29 is 4.79 Å². The average Bonchev–Trinajstić information content (AvgIpc) is 2.74. The third-order valence-electron chi connectivity index (χ3n) is 5.20. The van der Waals surface area contributed by atoms with Crippen molar-refractivity contribution in [1.29, 1.82) is 0 Å². The molecule has 0 atom stereocenters. The van der Waals surface area contributed by atoms with Crippen LogP contribution in [0.3, 0.4) is 0 Å². The smallest absolute Gasteiger partial charge is 0.255 e. The van der Waals surface area contributed by atoms with E-state index in [1.807, 2.05) is 36.4 Å². The molecule has 0 unspecified atom stereocenters. The van der Waals surface area contributed by atoms with E-state index in [0.29, 0.717) is 16.9 Å². The lowest BCUT2D eigenvalue weighted by Gasteiger charge is -2.27. The number of nitrogen functional groups attached to an aromatic ring is 1. The Bertz CT molecular complexity index is 1020. The van der Waals surface area contributed by atoms with Crippen LogP contribution in [0.1, 0.15) is 27.0 Å². The molecule has 3 aromatic carbocycles. The molecule has 1 aliphatic heterocycles. The van der Waals surface area contributed by atoms with Crippen LogP contribution in [0.15, 0.2) is 78.9 Å². The van der Waals surface area contributed by atoms with Crippen LogP contribution in [0.2, 0.25) is 0 Å². The predicted octanol–water partition coefficient (Wildman–Crippen LogP) is 4.59. The highest BCUT2D eigenvalue weighted by Gasteiger charge is 2.14. The molecule has 0 fully saturated rings. The Morgan fingerprint density at radius 1 is 1.00 bits per heavy atom. The van der Waals surface area contributed by atoms with Gasteiger partial charge in [0.15, 0.2) is 0 Å². The first kappa shape index (κ1) is 19.0. The molecule has 0 saturated heterocycles. The molecule has 0 spiro atoms. The number of nitrogens with one attached hydrogen (secondary N) is 1. The normalized spacial score (nSPS) is 13.9. The second-order valence-corrected chi connectivity index (χ2v) is 7.36.